The molecule has 8 unspecified atom stereocenters. The second kappa shape index (κ2) is 8.36. The maximum atomic E-state index is 12.1. The van der Waals surface area contributed by atoms with Gasteiger partial charge in [0.25, 0.3) is 0 Å². The van der Waals surface area contributed by atoms with Gasteiger partial charge in [-0.15, -0.1) is 0 Å². The highest BCUT2D eigenvalue weighted by Crippen LogP contribution is 2.69. The number of hydrogen-bond donors (Lipinski definition) is 2. The summed E-state index contributed by atoms with van der Waals surface area (Å²) < 4.78 is 22.4. The number of hydrogen-bond acceptors (Lipinski definition) is 9. The molecular formula is C24H34O9. The van der Waals surface area contributed by atoms with Gasteiger partial charge >= 0.3 is 17.9 Å². The van der Waals surface area contributed by atoms with E-state index in [4.69, 9.17) is 18.9 Å². The first-order chi connectivity index (χ1) is 15.4. The van der Waals surface area contributed by atoms with Crippen molar-refractivity contribution in [1.82, 2.24) is 0 Å². The van der Waals surface area contributed by atoms with Crippen molar-refractivity contribution >= 4 is 17.9 Å². The molecule has 4 aliphatic rings. The molecule has 4 rings (SSSR count). The van der Waals surface area contributed by atoms with Crippen molar-refractivity contribution in [3.8, 4) is 0 Å². The minimum absolute atomic E-state index is 0.0411. The zero-order valence-electron chi connectivity index (χ0n) is 19.7. The van der Waals surface area contributed by atoms with Crippen LogP contribution in [-0.2, 0) is 33.3 Å². The number of esters is 3. The third-order valence-electron chi connectivity index (χ3n) is 8.67. The van der Waals surface area contributed by atoms with Crippen LogP contribution >= 0.6 is 0 Å². The summed E-state index contributed by atoms with van der Waals surface area (Å²) in [5, 5.41) is 22.5. The fraction of sp³-hybridized carbons (Fsp3) is 0.792. The van der Waals surface area contributed by atoms with Gasteiger partial charge in [0.15, 0.2) is 0 Å². The van der Waals surface area contributed by atoms with E-state index in [1.807, 2.05) is 13.8 Å². The Hall–Kier alpha value is -1.97. The number of cyclic esters (lactones) is 1. The van der Waals surface area contributed by atoms with E-state index in [1.165, 1.54) is 19.9 Å². The van der Waals surface area contributed by atoms with Crippen molar-refractivity contribution in [1.29, 1.82) is 0 Å². The third-order valence-corrected chi connectivity index (χ3v) is 8.67. The summed E-state index contributed by atoms with van der Waals surface area (Å²) in [7, 11) is 0. The van der Waals surface area contributed by atoms with Crippen molar-refractivity contribution < 1.29 is 43.5 Å². The molecule has 2 N–H and O–H groups in total. The monoisotopic (exact) mass is 466 g/mol. The molecule has 0 radical (unpaired) electrons. The Morgan fingerprint density at radius 3 is 2.55 bits per heavy atom. The van der Waals surface area contributed by atoms with E-state index in [1.54, 1.807) is 0 Å². The van der Waals surface area contributed by atoms with Crippen LogP contribution in [0.3, 0.4) is 0 Å². The average Bonchev–Trinajstić information content (AvgIpc) is 3.38. The first-order valence-corrected chi connectivity index (χ1v) is 11.6. The topological polar surface area (TPSA) is 132 Å². The van der Waals surface area contributed by atoms with Crippen LogP contribution in [0, 0.1) is 22.7 Å². The number of aliphatic hydroxyl groups excluding tert-OH is 2. The van der Waals surface area contributed by atoms with E-state index in [-0.39, 0.29) is 25.6 Å². The highest BCUT2D eigenvalue weighted by molar-refractivity contribution is 5.85. The van der Waals surface area contributed by atoms with Crippen LogP contribution in [-0.4, -0.2) is 71.9 Å². The number of rotatable bonds is 6. The molecule has 3 fully saturated rings. The average molecular weight is 467 g/mol. The quantitative estimate of drug-likeness (QED) is 0.338. The molecule has 9 nitrogen and oxygen atoms in total. The van der Waals surface area contributed by atoms with Crippen LogP contribution < -0.4 is 0 Å². The number of epoxide rings is 1. The fourth-order valence-electron chi connectivity index (χ4n) is 6.88. The lowest BCUT2D eigenvalue weighted by atomic mass is 9.42. The van der Waals surface area contributed by atoms with Gasteiger partial charge in [-0.05, 0) is 37.0 Å². The van der Waals surface area contributed by atoms with Gasteiger partial charge in [0.05, 0.1) is 24.2 Å². The molecule has 184 valence electrons. The Morgan fingerprint density at radius 2 is 2.00 bits per heavy atom. The molecule has 0 aromatic rings. The van der Waals surface area contributed by atoms with Gasteiger partial charge in [-0.2, -0.15) is 0 Å². The van der Waals surface area contributed by atoms with E-state index in [0.717, 1.165) is 0 Å². The lowest BCUT2D eigenvalue weighted by Gasteiger charge is -2.64. The number of ether oxygens (including phenoxy) is 4. The maximum Gasteiger partial charge on any atom is 0.331 e. The first kappa shape index (κ1) is 24.2. The summed E-state index contributed by atoms with van der Waals surface area (Å²) in [4.78, 5) is 35.5. The minimum Gasteiger partial charge on any atom is -0.465 e. The van der Waals surface area contributed by atoms with E-state index in [9.17, 15) is 24.6 Å². The second-order valence-electron chi connectivity index (χ2n) is 10.5. The molecular weight excluding hydrogens is 432 g/mol. The summed E-state index contributed by atoms with van der Waals surface area (Å²) in [6, 6.07) is 0. The van der Waals surface area contributed by atoms with Crippen molar-refractivity contribution in [2.24, 2.45) is 22.7 Å². The Kier molecular flexibility index (Phi) is 6.12. The standard InChI is InChI=1S/C24H34O9/c1-13-7-19(33-15(3)26)24(12-31-14(2)25)21(17(27)5-6-23(24)11-32-23)22(13,4)9-18(28)16-8-20(29)30-10-16/h8,13,17-19,21,27-28H,5-7,9-12H2,1-4H3. The molecule has 9 heteroatoms. The molecule has 1 spiro atoms. The van der Waals surface area contributed by atoms with E-state index in [2.05, 4.69) is 0 Å². The Bertz CT molecular complexity index is 862. The molecule has 8 atom stereocenters. The van der Waals surface area contributed by atoms with Crippen LogP contribution in [0.4, 0.5) is 0 Å². The van der Waals surface area contributed by atoms with Gasteiger partial charge in [-0.25, -0.2) is 4.79 Å². The summed E-state index contributed by atoms with van der Waals surface area (Å²) in [6.45, 7) is 7.12. The third kappa shape index (κ3) is 3.88. The molecule has 0 bridgehead atoms. The molecule has 0 amide bonds. The van der Waals surface area contributed by atoms with Gasteiger partial charge in [0.2, 0.25) is 0 Å². The van der Waals surface area contributed by atoms with E-state index in [0.29, 0.717) is 31.4 Å². The molecule has 2 aliphatic heterocycles. The predicted octanol–water partition coefficient (Wildman–Crippen LogP) is 1.29. The Morgan fingerprint density at radius 1 is 1.30 bits per heavy atom. The van der Waals surface area contributed by atoms with Gasteiger partial charge in [0, 0.05) is 31.4 Å². The smallest absolute Gasteiger partial charge is 0.331 e. The van der Waals surface area contributed by atoms with Gasteiger partial charge in [0.1, 0.15) is 24.9 Å². The molecule has 2 aliphatic carbocycles. The Labute approximate surface area is 193 Å². The number of carbonyl (C=O) groups is 3. The fourth-order valence-corrected chi connectivity index (χ4v) is 6.88. The van der Waals surface area contributed by atoms with Gasteiger partial charge in [-0.3, -0.25) is 9.59 Å². The molecule has 0 aromatic carbocycles. The summed E-state index contributed by atoms with van der Waals surface area (Å²) in [6.07, 6.45) is 0.766. The predicted molar refractivity (Wildman–Crippen MR) is 114 cm³/mol. The SMILES string of the molecule is CC(=O)OCC12C(OC(C)=O)CC(C)C(C)(CC(O)C3=CC(=O)OC3)C1C(O)CCC21CO1. The van der Waals surface area contributed by atoms with Gasteiger partial charge < -0.3 is 29.2 Å². The molecule has 33 heavy (non-hydrogen) atoms. The van der Waals surface area contributed by atoms with Crippen molar-refractivity contribution in [3.63, 3.8) is 0 Å². The highest BCUT2D eigenvalue weighted by atomic mass is 16.6. The highest BCUT2D eigenvalue weighted by Gasteiger charge is 2.77. The van der Waals surface area contributed by atoms with Crippen molar-refractivity contribution in [2.75, 3.05) is 19.8 Å². The van der Waals surface area contributed by atoms with Crippen molar-refractivity contribution in [3.05, 3.63) is 11.6 Å². The second-order valence-corrected chi connectivity index (χ2v) is 10.5. The van der Waals surface area contributed by atoms with Gasteiger partial charge in [-0.1, -0.05) is 13.8 Å². The lowest BCUT2D eigenvalue weighted by Crippen LogP contribution is -2.70. The van der Waals surface area contributed by atoms with E-state index < -0.39 is 58.6 Å². The molecule has 2 heterocycles. The van der Waals surface area contributed by atoms with E-state index >= 15 is 0 Å². The number of fused-ring (bicyclic) bond motifs is 2. The molecule has 2 saturated carbocycles. The zero-order valence-corrected chi connectivity index (χ0v) is 19.7. The first-order valence-electron chi connectivity index (χ1n) is 11.6. The molecule has 1 saturated heterocycles. The normalized spacial score (nSPS) is 42.7. The summed E-state index contributed by atoms with van der Waals surface area (Å²) in [5.74, 6) is -1.93. The van der Waals surface area contributed by atoms with Crippen molar-refractivity contribution in [2.45, 2.75) is 77.3 Å². The number of carbonyl (C=O) groups excluding carboxylic acids is 3. The molecule has 0 aromatic heterocycles. The maximum absolute atomic E-state index is 12.1. The van der Waals surface area contributed by atoms with Crippen LogP contribution in [0.2, 0.25) is 0 Å². The minimum atomic E-state index is -0.959. The zero-order chi connectivity index (χ0) is 24.2. The van der Waals surface area contributed by atoms with Crippen LogP contribution in [0.1, 0.15) is 53.4 Å². The largest absolute Gasteiger partial charge is 0.465 e. The number of aliphatic hydroxyl groups is 2. The van der Waals surface area contributed by atoms with Crippen LogP contribution in [0.15, 0.2) is 11.6 Å². The lowest BCUT2D eigenvalue weighted by molar-refractivity contribution is -0.254. The Balaban J connectivity index is 1.79. The van der Waals surface area contributed by atoms with Crippen LogP contribution in [0.5, 0.6) is 0 Å². The van der Waals surface area contributed by atoms with Crippen LogP contribution in [0.25, 0.3) is 0 Å². The summed E-state index contributed by atoms with van der Waals surface area (Å²) in [5.41, 5.74) is -1.77. The summed E-state index contributed by atoms with van der Waals surface area (Å²) >= 11 is 0.